The number of allylic oxidation sites excluding steroid dienone is 4. The van der Waals surface area contributed by atoms with Crippen LogP contribution in [0.25, 0.3) is 0 Å². The van der Waals surface area contributed by atoms with E-state index >= 15 is 0 Å². The average molecular weight is 920 g/mol. The van der Waals surface area contributed by atoms with Crippen molar-refractivity contribution < 1.29 is 8.42 Å². The highest BCUT2D eigenvalue weighted by Crippen LogP contribution is 2.25. The molecule has 3 aromatic heterocycles. The second kappa shape index (κ2) is 26.4. The van der Waals surface area contributed by atoms with E-state index in [9.17, 15) is 8.42 Å². The highest BCUT2D eigenvalue weighted by Gasteiger charge is 2.11. The predicted octanol–water partition coefficient (Wildman–Crippen LogP) is 13.8. The number of rotatable bonds is 0. The molecule has 0 aliphatic carbocycles. The second-order valence-electron chi connectivity index (χ2n) is 18.4. The lowest BCUT2D eigenvalue weighted by Gasteiger charge is -2.15. The zero-order chi connectivity index (χ0) is 51.1. The number of pyridine rings is 1. The van der Waals surface area contributed by atoms with E-state index in [1.54, 1.807) is 12.2 Å². The van der Waals surface area contributed by atoms with Crippen LogP contribution in [0.15, 0.2) is 44.7 Å². The van der Waals surface area contributed by atoms with Crippen molar-refractivity contribution in [1.82, 2.24) is 25.1 Å². The normalized spacial score (nSPS) is 14.1. The first-order chi connectivity index (χ1) is 30.3. The number of nitrogens with zero attached hydrogens (tertiary/aromatic N) is 7. The minimum Gasteiger partial charge on any atom is -0.263 e. The Balaban J connectivity index is 0.000000387. The van der Waals surface area contributed by atoms with Crippen LogP contribution in [0.3, 0.4) is 0 Å². The van der Waals surface area contributed by atoms with E-state index in [1.807, 2.05) is 41.5 Å². The van der Waals surface area contributed by atoms with Gasteiger partial charge in [-0.2, -0.15) is 10.2 Å². The summed E-state index contributed by atoms with van der Waals surface area (Å²) in [7, 11) is -2.66. The molecule has 66 heavy (non-hydrogen) atoms. The molecule has 0 saturated carbocycles. The SMILES string of the molecule is CC1=NC(C)=C(C)C1.CC1=NC(C)=C(C)C1.Cc1c(C)c(C)c(C)c(C)c1C.Cc1nc(C)c(C)c(C)c1C.Cc1nc(C)c(C)c(C)n1.Cc1nnc(C)c(C)c1C.O=S1(=O)CC=CC1. The van der Waals surface area contributed by atoms with Crippen molar-refractivity contribution in [3.8, 4) is 0 Å². The summed E-state index contributed by atoms with van der Waals surface area (Å²) in [5.41, 5.74) is 30.8. The number of aryl methyl sites for hydroxylation is 7. The summed E-state index contributed by atoms with van der Waals surface area (Å²) in [6.07, 6.45) is 5.53. The van der Waals surface area contributed by atoms with Crippen LogP contribution in [0.4, 0.5) is 0 Å². The molecule has 0 atom stereocenters. The molecule has 0 saturated heterocycles. The van der Waals surface area contributed by atoms with Crippen LogP contribution in [-0.2, 0) is 9.84 Å². The maximum atomic E-state index is 10.4. The Morgan fingerprint density at radius 3 is 0.803 bits per heavy atom. The van der Waals surface area contributed by atoms with E-state index in [-0.39, 0.29) is 11.5 Å². The van der Waals surface area contributed by atoms with Gasteiger partial charge in [-0.25, -0.2) is 18.4 Å². The first kappa shape index (κ1) is 59.1. The van der Waals surface area contributed by atoms with Crippen molar-refractivity contribution in [2.45, 2.75) is 186 Å². The van der Waals surface area contributed by atoms with E-state index in [4.69, 9.17) is 0 Å². The third-order valence-corrected chi connectivity index (χ3v) is 14.9. The molecule has 0 spiro atoms. The topological polar surface area (TPSA) is 123 Å². The Hall–Kier alpha value is -4.96. The van der Waals surface area contributed by atoms with Gasteiger partial charge in [-0.15, -0.1) is 0 Å². The average Bonchev–Trinajstić information content (AvgIpc) is 3.90. The molecular formula is C56H85N7O2S. The van der Waals surface area contributed by atoms with Gasteiger partial charge in [0.05, 0.1) is 22.9 Å². The van der Waals surface area contributed by atoms with Gasteiger partial charge in [-0.05, 0) is 251 Å². The molecule has 362 valence electrons. The van der Waals surface area contributed by atoms with Crippen LogP contribution in [0, 0.1) is 132 Å². The van der Waals surface area contributed by atoms with Gasteiger partial charge in [0, 0.05) is 58.4 Å². The van der Waals surface area contributed by atoms with Crippen LogP contribution in [0.2, 0.25) is 0 Å². The molecule has 0 fully saturated rings. The zero-order valence-corrected chi connectivity index (χ0v) is 46.7. The fourth-order valence-electron chi connectivity index (χ4n) is 7.08. The molecule has 4 aromatic rings. The van der Waals surface area contributed by atoms with Crippen LogP contribution in [0.1, 0.15) is 161 Å². The van der Waals surface area contributed by atoms with Crippen LogP contribution < -0.4 is 0 Å². The molecule has 0 amide bonds. The lowest BCUT2D eigenvalue weighted by Crippen LogP contribution is -1.99. The fraction of sp³-hybridized carbons (Fsp3) is 0.518. The summed E-state index contributed by atoms with van der Waals surface area (Å²) < 4.78 is 20.7. The quantitative estimate of drug-likeness (QED) is 0.161. The minimum absolute atomic E-state index is 0.243. The summed E-state index contributed by atoms with van der Waals surface area (Å²) in [6.45, 7) is 52.4. The summed E-state index contributed by atoms with van der Waals surface area (Å²) in [6, 6.07) is 0. The summed E-state index contributed by atoms with van der Waals surface area (Å²) in [5, 5.41) is 7.98. The highest BCUT2D eigenvalue weighted by atomic mass is 32.2. The first-order valence-electron chi connectivity index (χ1n) is 23.1. The van der Waals surface area contributed by atoms with Crippen molar-refractivity contribution in [1.29, 1.82) is 0 Å². The van der Waals surface area contributed by atoms with Crippen LogP contribution in [0.5, 0.6) is 0 Å². The predicted molar refractivity (Wildman–Crippen MR) is 285 cm³/mol. The van der Waals surface area contributed by atoms with Crippen molar-refractivity contribution in [2.75, 3.05) is 11.5 Å². The lowest BCUT2D eigenvalue weighted by molar-refractivity contribution is 0.603. The molecule has 1 aromatic carbocycles. The van der Waals surface area contributed by atoms with Crippen LogP contribution >= 0.6 is 0 Å². The van der Waals surface area contributed by atoms with Gasteiger partial charge < -0.3 is 0 Å². The third kappa shape index (κ3) is 18.0. The smallest absolute Gasteiger partial charge is 0.157 e. The molecule has 6 heterocycles. The molecular weight excluding hydrogens is 835 g/mol. The molecule has 10 heteroatoms. The highest BCUT2D eigenvalue weighted by molar-refractivity contribution is 7.91. The van der Waals surface area contributed by atoms with Gasteiger partial charge in [-0.3, -0.25) is 15.0 Å². The Labute approximate surface area is 402 Å². The van der Waals surface area contributed by atoms with E-state index in [0.29, 0.717) is 0 Å². The minimum atomic E-state index is -2.66. The lowest BCUT2D eigenvalue weighted by atomic mass is 9.90. The van der Waals surface area contributed by atoms with Gasteiger partial charge in [-0.1, -0.05) is 12.2 Å². The monoisotopic (exact) mass is 920 g/mol. The Morgan fingerprint density at radius 2 is 0.591 bits per heavy atom. The molecule has 0 unspecified atom stereocenters. The zero-order valence-electron chi connectivity index (χ0n) is 45.8. The molecule has 0 radical (unpaired) electrons. The van der Waals surface area contributed by atoms with Crippen molar-refractivity contribution in [3.63, 3.8) is 0 Å². The molecule has 0 bridgehead atoms. The van der Waals surface area contributed by atoms with Crippen molar-refractivity contribution in [2.24, 2.45) is 9.98 Å². The second-order valence-corrected chi connectivity index (χ2v) is 20.6. The molecule has 0 N–H and O–H groups in total. The summed E-state index contributed by atoms with van der Waals surface area (Å²) in [4.78, 5) is 21.4. The number of hydrogen-bond donors (Lipinski definition) is 0. The van der Waals surface area contributed by atoms with E-state index in [0.717, 1.165) is 52.8 Å². The van der Waals surface area contributed by atoms with E-state index in [2.05, 4.69) is 167 Å². The number of aliphatic imine (C=N–C) groups is 2. The maximum absolute atomic E-state index is 10.4. The van der Waals surface area contributed by atoms with Gasteiger partial charge in [0.2, 0.25) is 0 Å². The number of aromatic nitrogens is 5. The van der Waals surface area contributed by atoms with Gasteiger partial charge in [0.1, 0.15) is 5.82 Å². The van der Waals surface area contributed by atoms with Crippen LogP contribution in [-0.4, -0.2) is 56.5 Å². The van der Waals surface area contributed by atoms with E-state index < -0.39 is 9.84 Å². The Morgan fingerprint density at radius 1 is 0.333 bits per heavy atom. The Bertz CT molecular complexity index is 2410. The first-order valence-corrected chi connectivity index (χ1v) is 24.9. The van der Waals surface area contributed by atoms with Crippen molar-refractivity contribution >= 4 is 21.3 Å². The molecule has 3 aliphatic heterocycles. The summed E-state index contributed by atoms with van der Waals surface area (Å²) >= 11 is 0. The number of benzene rings is 1. The number of sulfone groups is 1. The largest absolute Gasteiger partial charge is 0.263 e. The fourth-order valence-corrected chi connectivity index (χ4v) is 8.07. The Kier molecular flexibility index (Phi) is 23.6. The standard InChI is InChI=1S/C12H18.C10H15N.2C8H12N2.2C7H11N.C4H6O2S/c1-7-8(2)10(4)12(6)11(5)9(7)3;1-6-7(2)9(4)11-10(5)8(6)3;1-5-6(2)9-8(4)10-7(5)3;1-5-6(2)8(4)10-9-7(5)3;2*1-5-4-6(2)8-7(5)3;5-7(6)3-1-2-4-7/h1-6H3;1-5H3;2*1-4H3;2*4H2,1-3H3;1-2H,3-4H2. The summed E-state index contributed by atoms with van der Waals surface area (Å²) in [5.74, 6) is 1.35. The molecule has 3 aliphatic rings. The van der Waals surface area contributed by atoms with Crippen molar-refractivity contribution in [3.05, 3.63) is 141 Å². The molecule has 7 rings (SSSR count). The van der Waals surface area contributed by atoms with Gasteiger partial charge in [0.15, 0.2) is 9.84 Å². The molecule has 9 nitrogen and oxygen atoms in total. The third-order valence-electron chi connectivity index (χ3n) is 13.5. The van der Waals surface area contributed by atoms with Gasteiger partial charge >= 0.3 is 0 Å². The van der Waals surface area contributed by atoms with E-state index in [1.165, 1.54) is 101 Å². The maximum Gasteiger partial charge on any atom is 0.157 e. The van der Waals surface area contributed by atoms with Gasteiger partial charge in [0.25, 0.3) is 0 Å². The number of hydrogen-bond acceptors (Lipinski definition) is 9.